The number of rotatable bonds is 7. The van der Waals surface area contributed by atoms with Gasteiger partial charge in [-0.15, -0.1) is 35.4 Å². The molecule has 0 saturated carbocycles. The number of hydrogen-bond acceptors (Lipinski definition) is 0. The van der Waals surface area contributed by atoms with Crippen molar-refractivity contribution >= 4 is 53.6 Å². The molecule has 1 atom stereocenters. The van der Waals surface area contributed by atoms with Gasteiger partial charge in [0.1, 0.15) is 12.3 Å². The van der Waals surface area contributed by atoms with Crippen molar-refractivity contribution in [2.45, 2.75) is 19.3 Å². The van der Waals surface area contributed by atoms with Crippen molar-refractivity contribution < 1.29 is 44.8 Å². The van der Waals surface area contributed by atoms with Crippen molar-refractivity contribution in [2.75, 3.05) is 12.3 Å². The molecule has 1 aromatic heterocycles. The van der Waals surface area contributed by atoms with Gasteiger partial charge >= 0.3 is 44.8 Å². The van der Waals surface area contributed by atoms with Crippen LogP contribution < -0.4 is 15.9 Å². The van der Waals surface area contributed by atoms with Gasteiger partial charge < -0.3 is 17.4 Å². The Morgan fingerprint density at radius 3 is 1.67 bits per heavy atom. The van der Waals surface area contributed by atoms with Crippen LogP contribution in [0, 0.1) is 24.7 Å². The molecule has 1 nitrogen and oxygen atoms in total. The third kappa shape index (κ3) is 10.8. The minimum atomic E-state index is -0.765. The van der Waals surface area contributed by atoms with Gasteiger partial charge in [0.25, 0.3) is 0 Å². The Morgan fingerprint density at radius 2 is 1.03 bits per heavy atom. The summed E-state index contributed by atoms with van der Waals surface area (Å²) in [7, 11) is 0.556. The second-order valence-electron chi connectivity index (χ2n) is 15.0. The largest absolute Gasteiger partial charge is 1.00 e. The van der Waals surface area contributed by atoms with Crippen molar-refractivity contribution in [1.29, 1.82) is 0 Å². The SMILES string of the molecule is C1=CC([PH+](CC[PH+](c2ccccc2)c2ccccc2)c2ccccc2)=CCC1.[Au+].[Au+].[C-]#Cc1ccc2c(c1)Cc1ccccc1-2.[C-]#Cc1ccc2c3ccccc3n(C)c2c1. The van der Waals surface area contributed by atoms with Crippen LogP contribution in [-0.2, 0) is 58.2 Å². The van der Waals surface area contributed by atoms with Crippen LogP contribution in [0.25, 0.3) is 32.9 Å². The molecule has 0 saturated heterocycles. The van der Waals surface area contributed by atoms with E-state index in [1.807, 2.05) is 24.3 Å². The van der Waals surface area contributed by atoms with Crippen LogP contribution in [-0.4, -0.2) is 16.9 Å². The van der Waals surface area contributed by atoms with Gasteiger partial charge in [0, 0.05) is 28.9 Å². The summed E-state index contributed by atoms with van der Waals surface area (Å²) in [5.74, 6) is 4.86. The molecule has 61 heavy (non-hydrogen) atoms. The number of allylic oxidation sites excluding steroid dienone is 4. The van der Waals surface area contributed by atoms with E-state index in [0.717, 1.165) is 23.1 Å². The van der Waals surface area contributed by atoms with Crippen molar-refractivity contribution in [3.05, 3.63) is 235 Å². The molecule has 10 rings (SSSR count). The molecular weight excluding hydrogens is 1140 g/mol. The second kappa shape index (κ2) is 22.4. The van der Waals surface area contributed by atoms with Gasteiger partial charge in [-0.2, -0.15) is 0 Å². The standard InChI is InChI=1S/C26H26P2.C15H10N.C15H9.2Au/c1-5-13-23(14-6-1)27(24-15-7-2-8-16-24)21-22-28(25-17-9-3-10-18-25)26-19-11-4-12-20-26;1-3-11-8-9-13-12-6-4-5-7-14(12)16(2)15(13)10-11;1-2-11-7-8-15-13(9-11)10-12-5-3-4-6-14(12)15;;/h1-3,5-11,13-20H,4,12,21-22H2;4-10H,2H3;3-9H,10H2;;/q;2*-1;2*+1/p+2. The van der Waals surface area contributed by atoms with Crippen molar-refractivity contribution in [1.82, 2.24) is 4.57 Å². The molecule has 306 valence electrons. The number of benzene rings is 7. The molecule has 2 aliphatic rings. The molecule has 8 aromatic rings. The fourth-order valence-electron chi connectivity index (χ4n) is 8.38. The van der Waals surface area contributed by atoms with Crippen molar-refractivity contribution in [2.24, 2.45) is 7.05 Å². The van der Waals surface area contributed by atoms with Gasteiger partial charge in [-0.05, 0) is 90.6 Å². The minimum Gasteiger partial charge on any atom is -0.366 e. The molecular formula is C56H47Au2NP2+2. The van der Waals surface area contributed by atoms with E-state index >= 15 is 0 Å². The normalized spacial score (nSPS) is 12.4. The van der Waals surface area contributed by atoms with E-state index in [1.165, 1.54) is 74.3 Å². The predicted octanol–water partition coefficient (Wildman–Crippen LogP) is 12.1. The Hall–Kier alpha value is -4.72. The summed E-state index contributed by atoms with van der Waals surface area (Å²) in [4.78, 5) is 0. The quantitative estimate of drug-likeness (QED) is 0.0649. The van der Waals surface area contributed by atoms with E-state index in [0.29, 0.717) is 0 Å². The first-order valence-electron chi connectivity index (χ1n) is 20.4. The Kier molecular flexibility index (Phi) is 16.8. The number of para-hydroxylation sites is 1. The zero-order chi connectivity index (χ0) is 40.4. The van der Waals surface area contributed by atoms with E-state index < -0.39 is 15.8 Å². The Morgan fingerprint density at radius 1 is 0.508 bits per heavy atom. The van der Waals surface area contributed by atoms with Crippen LogP contribution in [0.3, 0.4) is 0 Å². The van der Waals surface area contributed by atoms with Crippen LogP contribution >= 0.6 is 15.8 Å². The number of hydrogen-bond donors (Lipinski definition) is 0. The summed E-state index contributed by atoms with van der Waals surface area (Å²) in [5, 5.41) is 8.70. The van der Waals surface area contributed by atoms with Crippen LogP contribution in [0.5, 0.6) is 0 Å². The zero-order valence-electron chi connectivity index (χ0n) is 34.1. The molecule has 7 aromatic carbocycles. The van der Waals surface area contributed by atoms with Crippen molar-refractivity contribution in [3.63, 3.8) is 0 Å². The van der Waals surface area contributed by atoms with E-state index in [2.05, 4.69) is 193 Å². The average Bonchev–Trinajstić information content (AvgIpc) is 3.83. The molecule has 0 radical (unpaired) electrons. The van der Waals surface area contributed by atoms with Gasteiger partial charge in [0.05, 0.1) is 37.1 Å². The first-order chi connectivity index (χ1) is 29.1. The first kappa shape index (κ1) is 45.8. The molecule has 0 spiro atoms. The van der Waals surface area contributed by atoms with Crippen LogP contribution in [0.4, 0.5) is 0 Å². The number of nitrogens with zero attached hydrogens (tertiary/aromatic N) is 1. The molecule has 5 heteroatoms. The molecule has 0 aliphatic heterocycles. The summed E-state index contributed by atoms with van der Waals surface area (Å²) in [6.45, 7) is 0. The third-order valence-corrected chi connectivity index (χ3v) is 17.5. The predicted molar refractivity (Wildman–Crippen MR) is 259 cm³/mol. The zero-order valence-corrected chi connectivity index (χ0v) is 40.4. The summed E-state index contributed by atoms with van der Waals surface area (Å²) in [6, 6.07) is 62.5. The van der Waals surface area contributed by atoms with Gasteiger partial charge in [-0.3, -0.25) is 11.8 Å². The molecule has 0 fully saturated rings. The Balaban J connectivity index is 0.000000161. The van der Waals surface area contributed by atoms with Gasteiger partial charge in [-0.1, -0.05) is 121 Å². The molecule has 1 unspecified atom stereocenters. The molecule has 0 bridgehead atoms. The van der Waals surface area contributed by atoms with E-state index in [-0.39, 0.29) is 44.8 Å². The topological polar surface area (TPSA) is 4.93 Å². The fourth-order valence-corrected chi connectivity index (χ4v) is 14.7. The molecule has 1 heterocycles. The van der Waals surface area contributed by atoms with Gasteiger partial charge in [-0.25, -0.2) is 0 Å². The third-order valence-electron chi connectivity index (χ3n) is 11.3. The van der Waals surface area contributed by atoms with Crippen molar-refractivity contribution in [3.8, 4) is 23.0 Å². The molecule has 0 amide bonds. The number of aromatic nitrogens is 1. The van der Waals surface area contributed by atoms with E-state index in [9.17, 15) is 0 Å². The van der Waals surface area contributed by atoms with E-state index in [1.54, 1.807) is 10.6 Å². The smallest absolute Gasteiger partial charge is 0.366 e. The monoisotopic (exact) mass is 1190 g/mol. The minimum absolute atomic E-state index is 0. The van der Waals surface area contributed by atoms with E-state index in [4.69, 9.17) is 12.8 Å². The molecule has 2 aliphatic carbocycles. The number of fused-ring (bicyclic) bond motifs is 6. The fraction of sp³-hybridized carbons (Fsp3) is 0.107. The summed E-state index contributed by atoms with van der Waals surface area (Å²) in [6.07, 6.45) is 27.5. The summed E-state index contributed by atoms with van der Waals surface area (Å²) >= 11 is 0. The molecule has 0 N–H and O–H groups in total. The Bertz CT molecular complexity index is 2810. The van der Waals surface area contributed by atoms with Crippen LogP contribution in [0.1, 0.15) is 35.1 Å². The summed E-state index contributed by atoms with van der Waals surface area (Å²) in [5.41, 5.74) is 9.40. The maximum Gasteiger partial charge on any atom is 1.00 e. The maximum atomic E-state index is 7.16. The Labute approximate surface area is 395 Å². The number of aryl methyl sites for hydroxylation is 1. The van der Waals surface area contributed by atoms with Crippen LogP contribution in [0.2, 0.25) is 0 Å². The van der Waals surface area contributed by atoms with Crippen LogP contribution in [0.15, 0.2) is 199 Å². The maximum absolute atomic E-state index is 7.16. The first-order valence-corrected chi connectivity index (χ1v) is 23.8. The van der Waals surface area contributed by atoms with Gasteiger partial charge in [0.15, 0.2) is 0 Å². The van der Waals surface area contributed by atoms with Gasteiger partial charge in [0.2, 0.25) is 0 Å². The summed E-state index contributed by atoms with van der Waals surface area (Å²) < 4.78 is 2.16. The average molecular weight is 1190 g/mol. The second-order valence-corrected chi connectivity index (χ2v) is 20.2.